The fourth-order valence-electron chi connectivity index (χ4n) is 0.304. The third-order valence-electron chi connectivity index (χ3n) is 0.621. The Morgan fingerprint density at radius 3 is 2.67 bits per heavy atom. The molecule has 0 saturated carbocycles. The molecule has 9 heavy (non-hydrogen) atoms. The monoisotopic (exact) mass is 133 g/mol. The lowest BCUT2D eigenvalue weighted by Crippen LogP contribution is -2.23. The zero-order valence-electron chi connectivity index (χ0n) is 5.08. The first-order valence-corrected chi connectivity index (χ1v) is 2.51. The SMILES string of the molecule is NC(N)=NCCOCO. The number of rotatable bonds is 4. The van der Waals surface area contributed by atoms with Crippen LogP contribution in [0, 0.1) is 0 Å². The van der Waals surface area contributed by atoms with E-state index in [2.05, 4.69) is 9.73 Å². The van der Waals surface area contributed by atoms with Gasteiger partial charge in [-0.25, -0.2) is 0 Å². The molecule has 0 unspecified atom stereocenters. The van der Waals surface area contributed by atoms with Gasteiger partial charge < -0.3 is 21.3 Å². The Hall–Kier alpha value is -0.810. The molecule has 54 valence electrons. The van der Waals surface area contributed by atoms with Crippen molar-refractivity contribution in [3.8, 4) is 0 Å². The van der Waals surface area contributed by atoms with Crippen LogP contribution in [0.5, 0.6) is 0 Å². The van der Waals surface area contributed by atoms with Crippen LogP contribution < -0.4 is 11.5 Å². The summed E-state index contributed by atoms with van der Waals surface area (Å²) in [6.45, 7) is 0.442. The number of guanidine groups is 1. The molecule has 0 fully saturated rings. The van der Waals surface area contributed by atoms with Crippen LogP contribution in [0.15, 0.2) is 4.99 Å². The van der Waals surface area contributed by atoms with Crippen LogP contribution in [0.4, 0.5) is 0 Å². The molecule has 0 aliphatic heterocycles. The van der Waals surface area contributed by atoms with Gasteiger partial charge in [-0.15, -0.1) is 0 Å². The van der Waals surface area contributed by atoms with E-state index in [1.807, 2.05) is 0 Å². The molecule has 0 aliphatic carbocycles. The number of nitrogens with zero attached hydrogens (tertiary/aromatic N) is 1. The fraction of sp³-hybridized carbons (Fsp3) is 0.750. The van der Waals surface area contributed by atoms with Crippen LogP contribution in [0.25, 0.3) is 0 Å². The van der Waals surface area contributed by atoms with E-state index in [9.17, 15) is 0 Å². The molecule has 0 spiro atoms. The number of hydrogen-bond acceptors (Lipinski definition) is 3. The van der Waals surface area contributed by atoms with Gasteiger partial charge in [0.2, 0.25) is 0 Å². The van der Waals surface area contributed by atoms with Crippen molar-refractivity contribution in [1.29, 1.82) is 0 Å². The molecule has 0 aromatic heterocycles. The average Bonchev–Trinajstić information content (AvgIpc) is 1.80. The summed E-state index contributed by atoms with van der Waals surface area (Å²) in [7, 11) is 0. The lowest BCUT2D eigenvalue weighted by atomic mass is 10.7. The van der Waals surface area contributed by atoms with Gasteiger partial charge in [0.1, 0.15) is 6.79 Å². The second kappa shape index (κ2) is 5.33. The predicted molar refractivity (Wildman–Crippen MR) is 33.7 cm³/mol. The number of aliphatic hydroxyl groups is 1. The van der Waals surface area contributed by atoms with E-state index in [0.717, 1.165) is 0 Å². The van der Waals surface area contributed by atoms with Crippen LogP contribution in [-0.2, 0) is 4.74 Å². The van der Waals surface area contributed by atoms with Crippen molar-refractivity contribution in [3.05, 3.63) is 0 Å². The number of nitrogens with two attached hydrogens (primary N) is 2. The van der Waals surface area contributed by atoms with Crippen molar-refractivity contribution in [2.24, 2.45) is 16.5 Å². The van der Waals surface area contributed by atoms with E-state index in [0.29, 0.717) is 13.2 Å². The lowest BCUT2D eigenvalue weighted by Gasteiger charge is -1.94. The highest BCUT2D eigenvalue weighted by Crippen LogP contribution is 1.71. The Morgan fingerprint density at radius 2 is 2.22 bits per heavy atom. The third-order valence-corrected chi connectivity index (χ3v) is 0.621. The molecule has 0 bridgehead atoms. The largest absolute Gasteiger partial charge is 0.371 e. The molecule has 0 aromatic rings. The maximum atomic E-state index is 8.10. The highest BCUT2D eigenvalue weighted by molar-refractivity contribution is 5.75. The summed E-state index contributed by atoms with van der Waals surface area (Å²) >= 11 is 0. The molecule has 0 radical (unpaired) electrons. The van der Waals surface area contributed by atoms with Gasteiger partial charge in [0.05, 0.1) is 13.2 Å². The predicted octanol–water partition coefficient (Wildman–Crippen LogP) is -1.77. The summed E-state index contributed by atoms with van der Waals surface area (Å²) in [5, 5.41) is 8.10. The van der Waals surface area contributed by atoms with Crippen molar-refractivity contribution in [2.75, 3.05) is 19.9 Å². The molecule has 5 heteroatoms. The van der Waals surface area contributed by atoms with Crippen molar-refractivity contribution in [2.45, 2.75) is 0 Å². The van der Waals surface area contributed by atoms with E-state index in [-0.39, 0.29) is 12.8 Å². The molecule has 0 rings (SSSR count). The highest BCUT2D eigenvalue weighted by atomic mass is 16.6. The van der Waals surface area contributed by atoms with Crippen LogP contribution in [0.1, 0.15) is 0 Å². The number of hydrogen-bond donors (Lipinski definition) is 3. The van der Waals surface area contributed by atoms with Gasteiger partial charge in [-0.05, 0) is 0 Å². The Kier molecular flexibility index (Phi) is 4.85. The van der Waals surface area contributed by atoms with Gasteiger partial charge in [-0.3, -0.25) is 4.99 Å². The summed E-state index contributed by atoms with van der Waals surface area (Å²) in [4.78, 5) is 3.60. The molecular formula is C4H11N3O2. The van der Waals surface area contributed by atoms with Gasteiger partial charge in [0, 0.05) is 0 Å². The van der Waals surface area contributed by atoms with Crippen LogP contribution in [0.2, 0.25) is 0 Å². The molecule has 0 atom stereocenters. The van der Waals surface area contributed by atoms with Gasteiger partial charge in [-0.1, -0.05) is 0 Å². The Balaban J connectivity index is 3.00. The molecule has 0 aliphatic rings. The number of aliphatic hydroxyl groups excluding tert-OH is 1. The molecule has 5 nitrogen and oxygen atoms in total. The average molecular weight is 133 g/mol. The van der Waals surface area contributed by atoms with Gasteiger partial charge in [0.25, 0.3) is 0 Å². The van der Waals surface area contributed by atoms with Gasteiger partial charge >= 0.3 is 0 Å². The van der Waals surface area contributed by atoms with E-state index in [4.69, 9.17) is 16.6 Å². The molecule has 0 saturated heterocycles. The second-order valence-corrected chi connectivity index (χ2v) is 1.34. The first-order valence-electron chi connectivity index (χ1n) is 2.51. The molecule has 0 aromatic carbocycles. The zero-order chi connectivity index (χ0) is 7.11. The summed E-state index contributed by atoms with van der Waals surface area (Å²) < 4.78 is 4.52. The zero-order valence-corrected chi connectivity index (χ0v) is 5.08. The topological polar surface area (TPSA) is 93.9 Å². The molecule has 5 N–H and O–H groups in total. The Morgan fingerprint density at radius 1 is 1.56 bits per heavy atom. The van der Waals surface area contributed by atoms with Gasteiger partial charge in [-0.2, -0.15) is 0 Å². The summed E-state index contributed by atoms with van der Waals surface area (Å²) in [5.41, 5.74) is 9.97. The van der Waals surface area contributed by atoms with E-state index >= 15 is 0 Å². The third kappa shape index (κ3) is 7.19. The number of ether oxygens (including phenoxy) is 1. The molecule has 0 amide bonds. The van der Waals surface area contributed by atoms with Crippen LogP contribution in [-0.4, -0.2) is 31.0 Å². The standard InChI is InChI=1S/C4H11N3O2/c5-4(6)7-1-2-9-3-8/h8H,1-3H2,(H4,5,6,7). The van der Waals surface area contributed by atoms with Crippen LogP contribution >= 0.6 is 0 Å². The Bertz CT molecular complexity index is 89.8. The molecule has 0 heterocycles. The minimum absolute atomic E-state index is 0.0385. The smallest absolute Gasteiger partial charge is 0.185 e. The lowest BCUT2D eigenvalue weighted by molar-refractivity contribution is 0.00280. The first kappa shape index (κ1) is 8.19. The molecular weight excluding hydrogens is 122 g/mol. The summed E-state index contributed by atoms with van der Waals surface area (Å²) in [6.07, 6.45) is 0. The maximum Gasteiger partial charge on any atom is 0.185 e. The van der Waals surface area contributed by atoms with Crippen molar-refractivity contribution in [3.63, 3.8) is 0 Å². The maximum absolute atomic E-state index is 8.10. The van der Waals surface area contributed by atoms with E-state index < -0.39 is 0 Å². The van der Waals surface area contributed by atoms with E-state index in [1.54, 1.807) is 0 Å². The minimum atomic E-state index is -0.292. The van der Waals surface area contributed by atoms with Crippen molar-refractivity contribution >= 4 is 5.96 Å². The fourth-order valence-corrected chi connectivity index (χ4v) is 0.304. The summed E-state index contributed by atoms with van der Waals surface area (Å²) in [6, 6.07) is 0. The normalized spacial score (nSPS) is 9.00. The van der Waals surface area contributed by atoms with Crippen molar-refractivity contribution in [1.82, 2.24) is 0 Å². The van der Waals surface area contributed by atoms with Crippen LogP contribution in [0.3, 0.4) is 0 Å². The quantitative estimate of drug-likeness (QED) is 0.183. The Labute approximate surface area is 53.3 Å². The minimum Gasteiger partial charge on any atom is -0.371 e. The highest BCUT2D eigenvalue weighted by Gasteiger charge is 1.82. The van der Waals surface area contributed by atoms with Crippen molar-refractivity contribution < 1.29 is 9.84 Å². The van der Waals surface area contributed by atoms with Gasteiger partial charge in [0.15, 0.2) is 5.96 Å². The second-order valence-electron chi connectivity index (χ2n) is 1.34. The number of aliphatic imine (C=N–C) groups is 1. The van der Waals surface area contributed by atoms with E-state index in [1.165, 1.54) is 0 Å². The summed E-state index contributed by atoms with van der Waals surface area (Å²) in [5.74, 6) is 0.0385. The first-order chi connectivity index (χ1) is 4.27.